The maximum atomic E-state index is 13.2. The Hall–Kier alpha value is -3.49. The SMILES string of the molecule is CCc1cccc2c1C(Cn1cnc(-c3cc(-c4n[nH]nc4C(F)(F)F)ccn3)c1)CCC2. The predicted molar refractivity (Wildman–Crippen MR) is 117 cm³/mol. The van der Waals surface area contributed by atoms with Gasteiger partial charge in [-0.3, -0.25) is 4.98 Å². The van der Waals surface area contributed by atoms with Crippen LogP contribution in [-0.4, -0.2) is 29.9 Å². The van der Waals surface area contributed by atoms with E-state index in [2.05, 4.69) is 50.5 Å². The molecule has 1 aliphatic carbocycles. The Morgan fingerprint density at radius 2 is 2.00 bits per heavy atom. The summed E-state index contributed by atoms with van der Waals surface area (Å²) in [6, 6.07) is 9.64. The number of aromatic nitrogens is 6. The lowest BCUT2D eigenvalue weighted by Crippen LogP contribution is -2.17. The van der Waals surface area contributed by atoms with E-state index in [9.17, 15) is 13.2 Å². The number of aromatic amines is 1. The highest BCUT2D eigenvalue weighted by atomic mass is 19.4. The van der Waals surface area contributed by atoms with Crippen molar-refractivity contribution in [3.8, 4) is 22.6 Å². The fraction of sp³-hybridized carbons (Fsp3) is 0.333. The van der Waals surface area contributed by atoms with Crippen LogP contribution in [0.15, 0.2) is 49.1 Å². The molecule has 170 valence electrons. The van der Waals surface area contributed by atoms with Gasteiger partial charge >= 0.3 is 6.18 Å². The van der Waals surface area contributed by atoms with Crippen LogP contribution in [-0.2, 0) is 25.6 Å². The van der Waals surface area contributed by atoms with Gasteiger partial charge in [-0.15, -0.1) is 0 Å². The summed E-state index contributed by atoms with van der Waals surface area (Å²) in [5, 5.41) is 9.03. The van der Waals surface area contributed by atoms with Gasteiger partial charge in [0.2, 0.25) is 0 Å². The molecule has 33 heavy (non-hydrogen) atoms. The molecule has 5 rings (SSSR count). The van der Waals surface area contributed by atoms with Crippen LogP contribution in [0.5, 0.6) is 0 Å². The van der Waals surface area contributed by atoms with Crippen LogP contribution in [0.2, 0.25) is 0 Å². The summed E-state index contributed by atoms with van der Waals surface area (Å²) in [4.78, 5) is 8.80. The average Bonchev–Trinajstić information content (AvgIpc) is 3.49. The number of rotatable bonds is 5. The fourth-order valence-electron chi connectivity index (χ4n) is 4.78. The highest BCUT2D eigenvalue weighted by Gasteiger charge is 2.38. The van der Waals surface area contributed by atoms with E-state index in [1.54, 1.807) is 12.4 Å². The van der Waals surface area contributed by atoms with E-state index in [1.165, 1.54) is 29.0 Å². The largest absolute Gasteiger partial charge is 0.437 e. The molecule has 0 aliphatic heterocycles. The maximum absolute atomic E-state index is 13.2. The number of hydrogen-bond donors (Lipinski definition) is 1. The Morgan fingerprint density at radius 3 is 2.82 bits per heavy atom. The Morgan fingerprint density at radius 1 is 1.12 bits per heavy atom. The van der Waals surface area contributed by atoms with Crippen LogP contribution in [0, 0.1) is 0 Å². The summed E-state index contributed by atoms with van der Waals surface area (Å²) in [5.41, 5.74) is 4.38. The van der Waals surface area contributed by atoms with Crippen molar-refractivity contribution in [1.82, 2.24) is 29.9 Å². The van der Waals surface area contributed by atoms with Crippen LogP contribution >= 0.6 is 0 Å². The molecule has 4 aromatic rings. The molecule has 9 heteroatoms. The fourth-order valence-corrected chi connectivity index (χ4v) is 4.78. The average molecular weight is 452 g/mol. The van der Waals surface area contributed by atoms with Gasteiger partial charge in [0.05, 0.1) is 12.0 Å². The zero-order valence-electron chi connectivity index (χ0n) is 18.1. The third-order valence-electron chi connectivity index (χ3n) is 6.25. The van der Waals surface area contributed by atoms with Crippen LogP contribution in [0.1, 0.15) is 48.1 Å². The van der Waals surface area contributed by atoms with Crippen molar-refractivity contribution in [3.63, 3.8) is 0 Å². The number of imidazole rings is 1. The number of alkyl halides is 3. The summed E-state index contributed by atoms with van der Waals surface area (Å²) >= 11 is 0. The van der Waals surface area contributed by atoms with Crippen molar-refractivity contribution < 1.29 is 13.2 Å². The van der Waals surface area contributed by atoms with Gasteiger partial charge in [-0.25, -0.2) is 4.98 Å². The van der Waals surface area contributed by atoms with Gasteiger partial charge in [0, 0.05) is 30.4 Å². The minimum absolute atomic E-state index is 0.253. The lowest BCUT2D eigenvalue weighted by molar-refractivity contribution is -0.140. The van der Waals surface area contributed by atoms with Gasteiger partial charge in [0.25, 0.3) is 0 Å². The molecule has 0 saturated carbocycles. The number of benzene rings is 1. The van der Waals surface area contributed by atoms with Crippen molar-refractivity contribution in [2.75, 3.05) is 0 Å². The van der Waals surface area contributed by atoms with E-state index in [1.807, 2.05) is 10.8 Å². The molecule has 3 aromatic heterocycles. The summed E-state index contributed by atoms with van der Waals surface area (Å²) in [7, 11) is 0. The van der Waals surface area contributed by atoms with E-state index in [-0.39, 0.29) is 11.3 Å². The van der Waals surface area contributed by atoms with E-state index >= 15 is 0 Å². The minimum Gasteiger partial charge on any atom is -0.336 e. The number of nitrogens with zero attached hydrogens (tertiary/aromatic N) is 5. The Bertz CT molecular complexity index is 1260. The maximum Gasteiger partial charge on any atom is 0.437 e. The second kappa shape index (κ2) is 8.46. The second-order valence-electron chi connectivity index (χ2n) is 8.34. The monoisotopic (exact) mass is 452 g/mol. The lowest BCUT2D eigenvalue weighted by Gasteiger charge is -2.28. The topological polar surface area (TPSA) is 72.3 Å². The standard InChI is InChI=1S/C24H23F3N6/c1-2-15-5-3-6-16-7-4-8-18(21(15)16)12-33-13-20(29-14-33)19-11-17(9-10-28-19)22-23(24(25,26)27)31-32-30-22/h3,5-6,9-11,13-14,18H,2,4,7-8,12H2,1H3,(H,30,31,32). The first-order valence-corrected chi connectivity index (χ1v) is 11.0. The highest BCUT2D eigenvalue weighted by Crippen LogP contribution is 2.37. The van der Waals surface area contributed by atoms with Gasteiger partial charge in [0.1, 0.15) is 11.4 Å². The third kappa shape index (κ3) is 4.15. The number of halogens is 3. The summed E-state index contributed by atoms with van der Waals surface area (Å²) in [5.74, 6) is 0.413. The highest BCUT2D eigenvalue weighted by molar-refractivity contribution is 5.67. The van der Waals surface area contributed by atoms with E-state index < -0.39 is 11.9 Å². The number of H-pyrrole nitrogens is 1. The van der Waals surface area contributed by atoms with Crippen molar-refractivity contribution in [1.29, 1.82) is 0 Å². The molecule has 0 amide bonds. The molecule has 3 heterocycles. The number of pyridine rings is 1. The zero-order chi connectivity index (χ0) is 23.0. The second-order valence-corrected chi connectivity index (χ2v) is 8.34. The Labute approximate surface area is 188 Å². The molecule has 0 bridgehead atoms. The minimum atomic E-state index is -4.60. The van der Waals surface area contributed by atoms with Crippen molar-refractivity contribution in [3.05, 3.63) is 71.4 Å². The van der Waals surface area contributed by atoms with Crippen LogP contribution in [0.3, 0.4) is 0 Å². The smallest absolute Gasteiger partial charge is 0.336 e. The predicted octanol–water partition coefficient (Wildman–Crippen LogP) is 5.43. The Balaban J connectivity index is 1.41. The molecule has 1 aromatic carbocycles. The molecule has 1 N–H and O–H groups in total. The normalized spacial score (nSPS) is 16.1. The van der Waals surface area contributed by atoms with Crippen LogP contribution < -0.4 is 0 Å². The lowest BCUT2D eigenvalue weighted by atomic mass is 9.79. The molecular formula is C24H23F3N6. The Kier molecular flexibility index (Phi) is 5.47. The van der Waals surface area contributed by atoms with E-state index in [0.29, 0.717) is 17.3 Å². The summed E-state index contributed by atoms with van der Waals surface area (Å²) < 4.78 is 41.7. The first-order valence-electron chi connectivity index (χ1n) is 11.0. The molecule has 6 nitrogen and oxygen atoms in total. The molecule has 1 unspecified atom stereocenters. The first-order chi connectivity index (χ1) is 15.9. The van der Waals surface area contributed by atoms with Crippen molar-refractivity contribution >= 4 is 0 Å². The van der Waals surface area contributed by atoms with Crippen molar-refractivity contribution in [2.45, 2.75) is 51.2 Å². The first kappa shape index (κ1) is 21.4. The van der Waals surface area contributed by atoms with Crippen LogP contribution in [0.25, 0.3) is 22.6 Å². The van der Waals surface area contributed by atoms with Gasteiger partial charge in [-0.1, -0.05) is 25.1 Å². The summed E-state index contributed by atoms with van der Waals surface area (Å²) in [6.07, 6.45) is 4.95. The van der Waals surface area contributed by atoms with E-state index in [0.717, 1.165) is 32.2 Å². The summed E-state index contributed by atoms with van der Waals surface area (Å²) in [6.45, 7) is 2.99. The molecular weight excluding hydrogens is 429 g/mol. The molecule has 0 spiro atoms. The molecule has 0 radical (unpaired) electrons. The third-order valence-corrected chi connectivity index (χ3v) is 6.25. The zero-order valence-corrected chi connectivity index (χ0v) is 18.1. The molecule has 0 saturated heterocycles. The van der Waals surface area contributed by atoms with Crippen LogP contribution in [0.4, 0.5) is 13.2 Å². The van der Waals surface area contributed by atoms with Gasteiger partial charge < -0.3 is 4.57 Å². The number of nitrogens with one attached hydrogen (secondary N) is 1. The number of fused-ring (bicyclic) bond motifs is 1. The van der Waals surface area contributed by atoms with Gasteiger partial charge in [-0.05, 0) is 54.5 Å². The molecule has 1 atom stereocenters. The quantitative estimate of drug-likeness (QED) is 0.438. The number of aryl methyl sites for hydroxylation is 2. The molecule has 0 fully saturated rings. The number of hydrogen-bond acceptors (Lipinski definition) is 4. The van der Waals surface area contributed by atoms with Crippen molar-refractivity contribution in [2.24, 2.45) is 0 Å². The molecule has 1 aliphatic rings. The van der Waals surface area contributed by atoms with Gasteiger partial charge in [-0.2, -0.15) is 28.6 Å². The van der Waals surface area contributed by atoms with Gasteiger partial charge in [0.15, 0.2) is 5.69 Å². The van der Waals surface area contributed by atoms with E-state index in [4.69, 9.17) is 0 Å².